The second-order valence-electron chi connectivity index (χ2n) is 15.0. The minimum absolute atomic E-state index is 0.000799. The van der Waals surface area contributed by atoms with Crippen LogP contribution in [0.4, 0.5) is 19.3 Å². The number of fused-ring (bicyclic) bond motifs is 4. The third-order valence-electron chi connectivity index (χ3n) is 10.5. The number of nitrogens with one attached hydrogen (secondary N) is 2. The lowest BCUT2D eigenvalue weighted by molar-refractivity contribution is -0.140. The number of aromatic nitrogens is 2. The third-order valence-corrected chi connectivity index (χ3v) is 10.5. The standard InChI is InChI=1S/C39H39F2N5O4/c1-37(2,3)50-36(47)46-12-4-5-34(46)35-42-20-33(45-35)24-7-10-27-26-9-6-23(16-28(26)39(40,41)29(27)17-24)22-8-11-30-25(15-22)18-31(44-30)32-19-38(21-43-32)48-13-14-49-38/h6-11,15-17,20,32,34,43H,4-5,12-14,18-19,21H2,1-3H3,(H,42,45)/t32-,34-/m0/s1. The minimum atomic E-state index is -3.18. The van der Waals surface area contributed by atoms with E-state index in [2.05, 4.69) is 21.4 Å². The summed E-state index contributed by atoms with van der Waals surface area (Å²) in [4.78, 5) is 27.3. The number of nitrogens with zero attached hydrogens (tertiary/aromatic N) is 3. The molecule has 4 aliphatic heterocycles. The zero-order chi connectivity index (χ0) is 34.4. The molecule has 9 nitrogen and oxygen atoms in total. The summed E-state index contributed by atoms with van der Waals surface area (Å²) < 4.78 is 49.9. The van der Waals surface area contributed by atoms with Crippen molar-refractivity contribution in [1.82, 2.24) is 20.2 Å². The van der Waals surface area contributed by atoms with E-state index in [1.165, 1.54) is 0 Å². The van der Waals surface area contributed by atoms with Crippen LogP contribution in [0.15, 0.2) is 65.8 Å². The molecule has 1 amide bonds. The van der Waals surface area contributed by atoms with Crippen LogP contribution < -0.4 is 5.32 Å². The van der Waals surface area contributed by atoms with Gasteiger partial charge in [0, 0.05) is 41.8 Å². The Balaban J connectivity index is 0.940. The zero-order valence-corrected chi connectivity index (χ0v) is 28.3. The van der Waals surface area contributed by atoms with Crippen LogP contribution in [0.3, 0.4) is 0 Å². The number of imidazole rings is 1. The second kappa shape index (κ2) is 11.3. The van der Waals surface area contributed by atoms with Gasteiger partial charge in [-0.15, -0.1) is 0 Å². The molecule has 0 saturated carbocycles. The number of amides is 1. The fraction of sp³-hybridized carbons (Fsp3) is 0.410. The van der Waals surface area contributed by atoms with E-state index in [1.54, 1.807) is 29.3 Å². The van der Waals surface area contributed by atoms with E-state index in [0.717, 1.165) is 47.4 Å². The topological polar surface area (TPSA) is 101 Å². The van der Waals surface area contributed by atoms with Crippen molar-refractivity contribution in [3.8, 4) is 33.5 Å². The molecule has 3 aromatic carbocycles. The molecule has 258 valence electrons. The molecule has 0 radical (unpaired) electrons. The monoisotopic (exact) mass is 679 g/mol. The van der Waals surface area contributed by atoms with E-state index in [4.69, 9.17) is 19.2 Å². The van der Waals surface area contributed by atoms with Crippen LogP contribution in [-0.4, -0.2) is 70.4 Å². The van der Waals surface area contributed by atoms with Crippen LogP contribution in [0.5, 0.6) is 0 Å². The molecule has 0 bridgehead atoms. The molecule has 1 aromatic heterocycles. The Bertz CT molecular complexity index is 2060. The van der Waals surface area contributed by atoms with Crippen molar-refractivity contribution in [3.05, 3.63) is 83.3 Å². The van der Waals surface area contributed by atoms with E-state index in [0.29, 0.717) is 60.9 Å². The highest BCUT2D eigenvalue weighted by atomic mass is 19.3. The SMILES string of the molecule is CC(C)(C)OC(=O)N1CCC[C@H]1c1ncc(-c2ccc3c(c2)C(F)(F)c2cc(-c4ccc5c(c4)CC([C@@H]4CC6(CN4)OCCO6)=N5)ccc2-3)[nH]1. The number of aromatic amines is 1. The van der Waals surface area contributed by atoms with E-state index in [1.807, 2.05) is 51.1 Å². The molecule has 5 heterocycles. The third kappa shape index (κ3) is 5.25. The fourth-order valence-corrected chi connectivity index (χ4v) is 8.11. The smallest absolute Gasteiger partial charge is 0.410 e. The summed E-state index contributed by atoms with van der Waals surface area (Å²) in [6.07, 6.45) is 4.27. The second-order valence-corrected chi connectivity index (χ2v) is 15.0. The Kier molecular flexibility index (Phi) is 7.11. The number of likely N-dealkylation sites (tertiary alicyclic amines) is 1. The molecule has 1 spiro atoms. The van der Waals surface area contributed by atoms with Crippen LogP contribution in [-0.2, 0) is 26.6 Å². The first kappa shape index (κ1) is 31.5. The summed E-state index contributed by atoms with van der Waals surface area (Å²) in [6, 6.07) is 16.4. The number of carbonyl (C=O) groups excluding carboxylic acids is 1. The van der Waals surface area contributed by atoms with Gasteiger partial charge in [0.25, 0.3) is 5.92 Å². The predicted molar refractivity (Wildman–Crippen MR) is 185 cm³/mol. The Hall–Kier alpha value is -4.45. The van der Waals surface area contributed by atoms with Gasteiger partial charge in [-0.25, -0.2) is 9.78 Å². The first-order chi connectivity index (χ1) is 24.0. The number of aliphatic imine (C=N–C) groups is 1. The van der Waals surface area contributed by atoms with Crippen LogP contribution in [0.1, 0.15) is 68.6 Å². The highest BCUT2D eigenvalue weighted by Gasteiger charge is 2.47. The molecule has 50 heavy (non-hydrogen) atoms. The van der Waals surface area contributed by atoms with Gasteiger partial charge >= 0.3 is 6.09 Å². The summed E-state index contributed by atoms with van der Waals surface area (Å²) in [7, 11) is 0. The van der Waals surface area contributed by atoms with Crippen molar-refractivity contribution in [3.63, 3.8) is 0 Å². The van der Waals surface area contributed by atoms with Gasteiger partial charge in [0.15, 0.2) is 5.79 Å². The Morgan fingerprint density at radius 1 is 0.980 bits per heavy atom. The number of alkyl halides is 2. The number of H-pyrrole nitrogens is 1. The van der Waals surface area contributed by atoms with Crippen molar-refractivity contribution >= 4 is 17.5 Å². The molecular weight excluding hydrogens is 640 g/mol. The molecule has 3 saturated heterocycles. The van der Waals surface area contributed by atoms with Crippen molar-refractivity contribution in [2.75, 3.05) is 26.3 Å². The number of ether oxygens (including phenoxy) is 3. The van der Waals surface area contributed by atoms with Crippen LogP contribution >= 0.6 is 0 Å². The number of hydrogen-bond donors (Lipinski definition) is 2. The highest BCUT2D eigenvalue weighted by molar-refractivity contribution is 5.98. The molecular formula is C39H39F2N5O4. The number of halogens is 2. The zero-order valence-electron chi connectivity index (χ0n) is 28.3. The van der Waals surface area contributed by atoms with Gasteiger partial charge in [0.2, 0.25) is 0 Å². The average molecular weight is 680 g/mol. The van der Waals surface area contributed by atoms with Gasteiger partial charge in [0.1, 0.15) is 11.4 Å². The summed E-state index contributed by atoms with van der Waals surface area (Å²) in [6.45, 7) is 7.96. The molecule has 3 fully saturated rings. The van der Waals surface area contributed by atoms with Crippen LogP contribution in [0.25, 0.3) is 33.5 Å². The van der Waals surface area contributed by atoms with Crippen molar-refractivity contribution in [1.29, 1.82) is 0 Å². The molecule has 11 heteroatoms. The number of rotatable bonds is 4. The molecule has 4 aromatic rings. The minimum Gasteiger partial charge on any atom is -0.444 e. The predicted octanol–water partition coefficient (Wildman–Crippen LogP) is 7.67. The lowest BCUT2D eigenvalue weighted by atomic mass is 9.95. The molecule has 1 aliphatic carbocycles. The normalized spacial score (nSPS) is 22.9. The van der Waals surface area contributed by atoms with E-state index >= 15 is 8.78 Å². The Labute approximate surface area is 289 Å². The van der Waals surface area contributed by atoms with Crippen molar-refractivity contribution in [2.45, 2.75) is 75.8 Å². The summed E-state index contributed by atoms with van der Waals surface area (Å²) in [5, 5.41) is 3.51. The molecule has 2 atom stereocenters. The largest absolute Gasteiger partial charge is 0.444 e. The maximum Gasteiger partial charge on any atom is 0.410 e. The molecule has 2 N–H and O–H groups in total. The van der Waals surface area contributed by atoms with E-state index in [9.17, 15) is 4.79 Å². The van der Waals surface area contributed by atoms with Gasteiger partial charge in [-0.3, -0.25) is 9.89 Å². The Morgan fingerprint density at radius 3 is 2.44 bits per heavy atom. The quantitative estimate of drug-likeness (QED) is 0.230. The van der Waals surface area contributed by atoms with Gasteiger partial charge in [-0.1, -0.05) is 30.3 Å². The van der Waals surface area contributed by atoms with Crippen LogP contribution in [0.2, 0.25) is 0 Å². The fourth-order valence-electron chi connectivity index (χ4n) is 8.11. The molecule has 9 rings (SSSR count). The summed E-state index contributed by atoms with van der Waals surface area (Å²) >= 11 is 0. The van der Waals surface area contributed by atoms with Crippen molar-refractivity contribution < 1.29 is 27.8 Å². The van der Waals surface area contributed by atoms with Gasteiger partial charge in [-0.2, -0.15) is 8.78 Å². The number of benzene rings is 3. The van der Waals surface area contributed by atoms with E-state index < -0.39 is 17.3 Å². The van der Waals surface area contributed by atoms with Crippen LogP contribution in [0, 0.1) is 0 Å². The number of hydrogen-bond acceptors (Lipinski definition) is 7. The maximum atomic E-state index is 16.3. The molecule has 5 aliphatic rings. The van der Waals surface area contributed by atoms with Gasteiger partial charge in [0.05, 0.1) is 49.4 Å². The summed E-state index contributed by atoms with van der Waals surface area (Å²) in [5.41, 5.74) is 6.33. The number of carbonyl (C=O) groups is 1. The first-order valence-electron chi connectivity index (χ1n) is 17.4. The molecule has 0 unspecified atom stereocenters. The highest BCUT2D eigenvalue weighted by Crippen LogP contribution is 2.53. The lowest BCUT2D eigenvalue weighted by Crippen LogP contribution is -2.36. The van der Waals surface area contributed by atoms with Crippen molar-refractivity contribution in [2.24, 2.45) is 4.99 Å². The Morgan fingerprint density at radius 2 is 1.68 bits per heavy atom. The lowest BCUT2D eigenvalue weighted by Gasteiger charge is -2.27. The first-order valence-corrected chi connectivity index (χ1v) is 17.4. The maximum absolute atomic E-state index is 16.3. The van der Waals surface area contributed by atoms with E-state index in [-0.39, 0.29) is 29.3 Å². The van der Waals surface area contributed by atoms with Gasteiger partial charge < -0.3 is 24.5 Å². The summed E-state index contributed by atoms with van der Waals surface area (Å²) in [5.74, 6) is -3.11. The average Bonchev–Trinajstić information content (AvgIpc) is 3.94. The van der Waals surface area contributed by atoms with Gasteiger partial charge in [-0.05, 0) is 85.7 Å².